The van der Waals surface area contributed by atoms with E-state index >= 15 is 0 Å². The van der Waals surface area contributed by atoms with Gasteiger partial charge in [0.1, 0.15) is 11.5 Å². The number of rotatable bonds is 6. The van der Waals surface area contributed by atoms with Crippen LogP contribution in [0.25, 0.3) is 22.0 Å². The summed E-state index contributed by atoms with van der Waals surface area (Å²) in [6.45, 7) is 0.311. The summed E-state index contributed by atoms with van der Waals surface area (Å²) in [5, 5.41) is 10.0. The molecule has 1 N–H and O–H groups in total. The summed E-state index contributed by atoms with van der Waals surface area (Å²) in [5.41, 5.74) is 3.34. The standard InChI is InChI=1S/C25H21NO5/c1-30-19-9-7-17(8-10-19)22-14-24(27)26(23-13-20(31-2)11-12-21(22)23)15-16-3-5-18(6-4-16)25(28)29/h3-14H,15H2,1-2H3,(H,28,29). The fourth-order valence-electron chi connectivity index (χ4n) is 3.60. The number of carboxylic acids is 1. The van der Waals surface area contributed by atoms with Crippen LogP contribution in [0.3, 0.4) is 0 Å². The molecule has 0 spiro atoms. The summed E-state index contributed by atoms with van der Waals surface area (Å²) in [7, 11) is 3.20. The summed E-state index contributed by atoms with van der Waals surface area (Å²) in [5.74, 6) is 0.407. The van der Waals surface area contributed by atoms with Crippen LogP contribution in [-0.2, 0) is 6.54 Å². The van der Waals surface area contributed by atoms with E-state index in [4.69, 9.17) is 14.6 Å². The summed E-state index contributed by atoms with van der Waals surface area (Å²) in [4.78, 5) is 24.2. The van der Waals surface area contributed by atoms with Crippen molar-refractivity contribution < 1.29 is 19.4 Å². The van der Waals surface area contributed by atoms with Crippen molar-refractivity contribution in [1.82, 2.24) is 4.57 Å². The maximum atomic E-state index is 13.1. The Bertz CT molecular complexity index is 1310. The number of aromatic nitrogens is 1. The van der Waals surface area contributed by atoms with Crippen LogP contribution in [0, 0.1) is 0 Å². The zero-order valence-corrected chi connectivity index (χ0v) is 17.2. The van der Waals surface area contributed by atoms with Gasteiger partial charge in [-0.15, -0.1) is 0 Å². The second-order valence-electron chi connectivity index (χ2n) is 7.10. The van der Waals surface area contributed by atoms with E-state index in [0.717, 1.165) is 33.3 Å². The normalized spacial score (nSPS) is 10.8. The van der Waals surface area contributed by atoms with Gasteiger partial charge >= 0.3 is 5.97 Å². The quantitative estimate of drug-likeness (QED) is 0.504. The molecule has 31 heavy (non-hydrogen) atoms. The number of carboxylic acid groups (broad SMARTS) is 1. The molecule has 0 atom stereocenters. The van der Waals surface area contributed by atoms with Gasteiger partial charge < -0.3 is 19.1 Å². The molecule has 0 saturated heterocycles. The lowest BCUT2D eigenvalue weighted by Gasteiger charge is -2.15. The molecule has 6 heteroatoms. The van der Waals surface area contributed by atoms with Crippen molar-refractivity contribution in [2.24, 2.45) is 0 Å². The van der Waals surface area contributed by atoms with Gasteiger partial charge in [-0.05, 0) is 53.1 Å². The highest BCUT2D eigenvalue weighted by atomic mass is 16.5. The smallest absolute Gasteiger partial charge is 0.335 e. The van der Waals surface area contributed by atoms with E-state index < -0.39 is 5.97 Å². The third-order valence-electron chi connectivity index (χ3n) is 5.26. The molecular formula is C25H21NO5. The minimum atomic E-state index is -0.984. The molecule has 0 bridgehead atoms. The second-order valence-corrected chi connectivity index (χ2v) is 7.10. The largest absolute Gasteiger partial charge is 0.497 e. The molecule has 4 aromatic rings. The Morgan fingerprint density at radius 3 is 2.13 bits per heavy atom. The van der Waals surface area contributed by atoms with Crippen molar-refractivity contribution in [3.8, 4) is 22.6 Å². The molecule has 1 heterocycles. The summed E-state index contributed by atoms with van der Waals surface area (Å²) < 4.78 is 12.3. The average molecular weight is 415 g/mol. The maximum Gasteiger partial charge on any atom is 0.335 e. The van der Waals surface area contributed by atoms with E-state index in [1.54, 1.807) is 37.0 Å². The molecule has 0 aliphatic carbocycles. The first-order valence-electron chi connectivity index (χ1n) is 9.68. The zero-order valence-electron chi connectivity index (χ0n) is 17.2. The van der Waals surface area contributed by atoms with Crippen LogP contribution >= 0.6 is 0 Å². The molecule has 156 valence electrons. The molecule has 4 rings (SSSR count). The number of hydrogen-bond acceptors (Lipinski definition) is 4. The Morgan fingerprint density at radius 2 is 1.52 bits per heavy atom. The van der Waals surface area contributed by atoms with Crippen molar-refractivity contribution in [3.05, 3.63) is 94.3 Å². The van der Waals surface area contributed by atoms with Gasteiger partial charge in [0.25, 0.3) is 5.56 Å². The summed E-state index contributed by atoms with van der Waals surface area (Å²) in [6.07, 6.45) is 0. The SMILES string of the molecule is COc1ccc(-c2cc(=O)n(Cc3ccc(C(=O)O)cc3)c3cc(OC)ccc23)cc1. The number of fused-ring (bicyclic) bond motifs is 1. The van der Waals surface area contributed by atoms with E-state index in [0.29, 0.717) is 12.3 Å². The van der Waals surface area contributed by atoms with Crippen LogP contribution in [0.15, 0.2) is 77.6 Å². The predicted molar refractivity (Wildman–Crippen MR) is 119 cm³/mol. The molecule has 6 nitrogen and oxygen atoms in total. The monoisotopic (exact) mass is 415 g/mol. The summed E-state index contributed by atoms with van der Waals surface area (Å²) >= 11 is 0. The molecule has 0 unspecified atom stereocenters. The Morgan fingerprint density at radius 1 is 0.871 bits per heavy atom. The van der Waals surface area contributed by atoms with E-state index in [1.165, 1.54) is 12.1 Å². The van der Waals surface area contributed by atoms with E-state index in [9.17, 15) is 9.59 Å². The number of ether oxygens (including phenoxy) is 2. The maximum absolute atomic E-state index is 13.1. The number of aromatic carboxylic acids is 1. The van der Waals surface area contributed by atoms with Gasteiger partial charge in [0.2, 0.25) is 0 Å². The molecule has 0 aliphatic rings. The Kier molecular flexibility index (Phi) is 5.45. The minimum absolute atomic E-state index is 0.158. The van der Waals surface area contributed by atoms with Gasteiger partial charge in [0.15, 0.2) is 0 Å². The first kappa shape index (κ1) is 20.2. The van der Waals surface area contributed by atoms with Gasteiger partial charge in [0, 0.05) is 17.5 Å². The van der Waals surface area contributed by atoms with Crippen LogP contribution < -0.4 is 15.0 Å². The molecule has 0 saturated carbocycles. The van der Waals surface area contributed by atoms with Gasteiger partial charge in [-0.1, -0.05) is 24.3 Å². The number of benzene rings is 3. The predicted octanol–water partition coefficient (Wildman–Crippen LogP) is 4.43. The molecule has 3 aromatic carbocycles. The molecule has 0 radical (unpaired) electrons. The van der Waals surface area contributed by atoms with Crippen molar-refractivity contribution in [2.75, 3.05) is 14.2 Å². The van der Waals surface area contributed by atoms with Crippen molar-refractivity contribution >= 4 is 16.9 Å². The number of hydrogen-bond donors (Lipinski definition) is 1. The van der Waals surface area contributed by atoms with Crippen LogP contribution in [0.5, 0.6) is 11.5 Å². The first-order valence-corrected chi connectivity index (χ1v) is 9.68. The molecule has 1 aromatic heterocycles. The summed E-state index contributed by atoms with van der Waals surface area (Å²) in [6, 6.07) is 21.4. The number of methoxy groups -OCH3 is 2. The highest BCUT2D eigenvalue weighted by Gasteiger charge is 2.13. The van der Waals surface area contributed by atoms with Crippen molar-refractivity contribution in [3.63, 3.8) is 0 Å². The lowest BCUT2D eigenvalue weighted by Crippen LogP contribution is -2.21. The second kappa shape index (κ2) is 8.36. The first-order chi connectivity index (χ1) is 15.0. The van der Waals surface area contributed by atoms with Crippen LogP contribution in [-0.4, -0.2) is 29.9 Å². The van der Waals surface area contributed by atoms with Crippen LogP contribution in [0.1, 0.15) is 15.9 Å². The van der Waals surface area contributed by atoms with Crippen LogP contribution in [0.2, 0.25) is 0 Å². The molecule has 0 aliphatic heterocycles. The molecular weight excluding hydrogens is 394 g/mol. The average Bonchev–Trinajstić information content (AvgIpc) is 2.80. The van der Waals surface area contributed by atoms with Crippen molar-refractivity contribution in [1.29, 1.82) is 0 Å². The fraction of sp³-hybridized carbons (Fsp3) is 0.120. The number of pyridine rings is 1. The van der Waals surface area contributed by atoms with Crippen LogP contribution in [0.4, 0.5) is 0 Å². The third kappa shape index (κ3) is 4.00. The van der Waals surface area contributed by atoms with E-state index in [2.05, 4.69) is 0 Å². The minimum Gasteiger partial charge on any atom is -0.497 e. The Labute approximate surface area is 178 Å². The lowest BCUT2D eigenvalue weighted by molar-refractivity contribution is 0.0697. The number of nitrogens with zero attached hydrogens (tertiary/aromatic N) is 1. The lowest BCUT2D eigenvalue weighted by atomic mass is 10.0. The van der Waals surface area contributed by atoms with Gasteiger partial charge in [0.05, 0.1) is 31.8 Å². The third-order valence-corrected chi connectivity index (χ3v) is 5.26. The van der Waals surface area contributed by atoms with E-state index in [1.807, 2.05) is 42.5 Å². The zero-order chi connectivity index (χ0) is 22.0. The Balaban J connectivity index is 1.86. The van der Waals surface area contributed by atoms with Gasteiger partial charge in [-0.2, -0.15) is 0 Å². The van der Waals surface area contributed by atoms with Crippen molar-refractivity contribution in [2.45, 2.75) is 6.54 Å². The topological polar surface area (TPSA) is 77.8 Å². The number of carbonyl (C=O) groups is 1. The van der Waals surface area contributed by atoms with E-state index in [-0.39, 0.29) is 11.1 Å². The molecule has 0 fully saturated rings. The van der Waals surface area contributed by atoms with Gasteiger partial charge in [-0.3, -0.25) is 4.79 Å². The highest BCUT2D eigenvalue weighted by molar-refractivity contribution is 5.95. The fourth-order valence-corrected chi connectivity index (χ4v) is 3.60. The highest BCUT2D eigenvalue weighted by Crippen LogP contribution is 2.31. The molecule has 0 amide bonds. The van der Waals surface area contributed by atoms with Gasteiger partial charge in [-0.25, -0.2) is 4.79 Å². The Hall–Kier alpha value is -4.06.